The Kier molecular flexibility index (Phi) is 5.28. The van der Waals surface area contributed by atoms with Crippen molar-refractivity contribution in [2.75, 3.05) is 27.3 Å². The van der Waals surface area contributed by atoms with E-state index in [1.54, 1.807) is 20.5 Å². The summed E-state index contributed by atoms with van der Waals surface area (Å²) in [7, 11) is 3.23. The first-order chi connectivity index (χ1) is 12.1. The van der Waals surface area contributed by atoms with Crippen LogP contribution in [0.2, 0.25) is 0 Å². The van der Waals surface area contributed by atoms with Gasteiger partial charge in [0.15, 0.2) is 0 Å². The van der Waals surface area contributed by atoms with Crippen molar-refractivity contribution in [2.24, 2.45) is 5.92 Å². The molecule has 1 aliphatic rings. The molecule has 0 aliphatic carbocycles. The van der Waals surface area contributed by atoms with E-state index in [4.69, 9.17) is 13.9 Å². The van der Waals surface area contributed by atoms with Crippen molar-refractivity contribution in [3.05, 3.63) is 47.9 Å². The molecule has 0 bridgehead atoms. The summed E-state index contributed by atoms with van der Waals surface area (Å²) in [5.74, 6) is 1.06. The minimum Gasteiger partial charge on any atom is -0.497 e. The lowest BCUT2D eigenvalue weighted by atomic mass is 9.93. The largest absolute Gasteiger partial charge is 0.497 e. The number of benzene rings is 1. The zero-order valence-corrected chi connectivity index (χ0v) is 14.5. The van der Waals surface area contributed by atoms with Crippen molar-refractivity contribution < 1.29 is 23.8 Å². The minimum atomic E-state index is -0.746. The molecule has 2 heterocycles. The average Bonchev–Trinajstić information content (AvgIpc) is 3.16. The standard InChI is InChI=1S/C19H23NO5/c1-23-14-7-8-15(17(11-14)24-2)18(16-6-4-10-25-16)20-9-3-5-13(12-20)19(21)22/h4,6-8,10-11,13,18H,3,5,9,12H2,1-2H3,(H,21,22). The second kappa shape index (κ2) is 7.61. The Hall–Kier alpha value is -2.47. The second-order valence-electron chi connectivity index (χ2n) is 6.20. The van der Waals surface area contributed by atoms with Gasteiger partial charge in [0.1, 0.15) is 17.3 Å². The molecule has 1 N–H and O–H groups in total. The number of ether oxygens (including phenoxy) is 2. The lowest BCUT2D eigenvalue weighted by molar-refractivity contribution is -0.143. The van der Waals surface area contributed by atoms with Gasteiger partial charge >= 0.3 is 5.97 Å². The van der Waals surface area contributed by atoms with E-state index in [0.717, 1.165) is 24.3 Å². The molecule has 25 heavy (non-hydrogen) atoms. The zero-order chi connectivity index (χ0) is 17.8. The highest BCUT2D eigenvalue weighted by Gasteiger charge is 2.34. The number of hydrogen-bond acceptors (Lipinski definition) is 5. The zero-order valence-electron chi connectivity index (χ0n) is 14.5. The number of carbonyl (C=O) groups is 1. The maximum Gasteiger partial charge on any atom is 0.307 e. The van der Waals surface area contributed by atoms with Crippen molar-refractivity contribution in [3.8, 4) is 11.5 Å². The van der Waals surface area contributed by atoms with Crippen molar-refractivity contribution in [3.63, 3.8) is 0 Å². The Morgan fingerprint density at radius 2 is 2.16 bits per heavy atom. The summed E-state index contributed by atoms with van der Waals surface area (Å²) in [6.07, 6.45) is 3.18. The summed E-state index contributed by atoms with van der Waals surface area (Å²) in [5, 5.41) is 9.42. The first kappa shape index (κ1) is 17.4. The smallest absolute Gasteiger partial charge is 0.307 e. The van der Waals surface area contributed by atoms with Gasteiger partial charge in [-0.25, -0.2) is 0 Å². The highest BCUT2D eigenvalue weighted by Crippen LogP contribution is 2.38. The van der Waals surface area contributed by atoms with Gasteiger partial charge < -0.3 is 19.0 Å². The minimum absolute atomic E-state index is 0.196. The third kappa shape index (κ3) is 3.64. The summed E-state index contributed by atoms with van der Waals surface area (Å²) in [5.41, 5.74) is 0.935. The molecule has 0 radical (unpaired) electrons. The Morgan fingerprint density at radius 1 is 1.32 bits per heavy atom. The predicted molar refractivity (Wildman–Crippen MR) is 92.0 cm³/mol. The number of carboxylic acid groups (broad SMARTS) is 1. The van der Waals surface area contributed by atoms with Gasteiger partial charge in [0.25, 0.3) is 0 Å². The van der Waals surface area contributed by atoms with E-state index in [-0.39, 0.29) is 12.0 Å². The average molecular weight is 345 g/mol. The van der Waals surface area contributed by atoms with Crippen LogP contribution in [0, 0.1) is 5.92 Å². The molecule has 2 atom stereocenters. The summed E-state index contributed by atoms with van der Waals surface area (Å²) in [6, 6.07) is 9.24. The number of furan rings is 1. The van der Waals surface area contributed by atoms with Gasteiger partial charge in [-0.1, -0.05) is 0 Å². The molecule has 0 spiro atoms. The van der Waals surface area contributed by atoms with Gasteiger partial charge in [-0.05, 0) is 43.7 Å². The van der Waals surface area contributed by atoms with E-state index in [9.17, 15) is 9.90 Å². The maximum atomic E-state index is 11.5. The molecular weight excluding hydrogens is 322 g/mol. The number of aliphatic carboxylic acids is 1. The Labute approximate surface area is 147 Å². The number of hydrogen-bond donors (Lipinski definition) is 1. The molecule has 2 unspecified atom stereocenters. The fourth-order valence-corrected chi connectivity index (χ4v) is 3.46. The van der Waals surface area contributed by atoms with E-state index < -0.39 is 5.97 Å². The van der Waals surface area contributed by atoms with Crippen molar-refractivity contribution in [1.29, 1.82) is 0 Å². The number of carboxylic acids is 1. The summed E-state index contributed by atoms with van der Waals surface area (Å²) < 4.78 is 16.5. The topological polar surface area (TPSA) is 72.1 Å². The molecule has 6 heteroatoms. The molecule has 2 aromatic rings. The number of likely N-dealkylation sites (tertiary alicyclic amines) is 1. The Morgan fingerprint density at radius 3 is 2.80 bits per heavy atom. The van der Waals surface area contributed by atoms with Gasteiger partial charge in [0, 0.05) is 18.2 Å². The van der Waals surface area contributed by atoms with Crippen LogP contribution in [0.1, 0.15) is 30.2 Å². The highest BCUT2D eigenvalue weighted by atomic mass is 16.5. The first-order valence-electron chi connectivity index (χ1n) is 8.36. The Bertz CT molecular complexity index is 713. The molecule has 1 aliphatic heterocycles. The molecule has 1 saturated heterocycles. The van der Waals surface area contributed by atoms with Gasteiger partial charge in [-0.15, -0.1) is 0 Å². The molecule has 3 rings (SSSR count). The fourth-order valence-electron chi connectivity index (χ4n) is 3.46. The quantitative estimate of drug-likeness (QED) is 0.867. The number of rotatable bonds is 6. The molecule has 0 saturated carbocycles. The summed E-state index contributed by atoms with van der Waals surface area (Å²) in [6.45, 7) is 1.29. The first-order valence-corrected chi connectivity index (χ1v) is 8.36. The van der Waals surface area contributed by atoms with E-state index in [1.807, 2.05) is 30.3 Å². The van der Waals surface area contributed by atoms with Crippen molar-refractivity contribution in [2.45, 2.75) is 18.9 Å². The van der Waals surface area contributed by atoms with E-state index >= 15 is 0 Å². The Balaban J connectivity index is 2.00. The predicted octanol–water partition coefficient (Wildman–Crippen LogP) is 3.18. The fraction of sp³-hybridized carbons (Fsp3) is 0.421. The SMILES string of the molecule is COc1ccc(C(c2ccco2)N2CCCC(C(=O)O)C2)c(OC)c1. The van der Waals surface area contributed by atoms with Gasteiger partial charge in [-0.2, -0.15) is 0 Å². The van der Waals surface area contributed by atoms with Crippen LogP contribution in [0.5, 0.6) is 11.5 Å². The van der Waals surface area contributed by atoms with Crippen LogP contribution in [-0.4, -0.2) is 43.3 Å². The van der Waals surface area contributed by atoms with Crippen LogP contribution in [0.4, 0.5) is 0 Å². The van der Waals surface area contributed by atoms with Crippen LogP contribution in [0.3, 0.4) is 0 Å². The lowest BCUT2D eigenvalue weighted by Gasteiger charge is -2.36. The molecule has 6 nitrogen and oxygen atoms in total. The van der Waals surface area contributed by atoms with Crippen LogP contribution in [0.15, 0.2) is 41.0 Å². The van der Waals surface area contributed by atoms with Crippen LogP contribution in [-0.2, 0) is 4.79 Å². The number of methoxy groups -OCH3 is 2. The maximum absolute atomic E-state index is 11.5. The molecule has 134 valence electrons. The van der Waals surface area contributed by atoms with Crippen LogP contribution < -0.4 is 9.47 Å². The van der Waals surface area contributed by atoms with Gasteiger partial charge in [-0.3, -0.25) is 9.69 Å². The van der Waals surface area contributed by atoms with Crippen molar-refractivity contribution >= 4 is 5.97 Å². The lowest BCUT2D eigenvalue weighted by Crippen LogP contribution is -2.41. The molecule has 1 aromatic heterocycles. The summed E-state index contributed by atoms with van der Waals surface area (Å²) >= 11 is 0. The molecule has 0 amide bonds. The molecule has 1 aromatic carbocycles. The van der Waals surface area contributed by atoms with E-state index in [1.165, 1.54) is 0 Å². The normalized spacial score (nSPS) is 19.4. The van der Waals surface area contributed by atoms with Crippen LogP contribution in [0.25, 0.3) is 0 Å². The van der Waals surface area contributed by atoms with E-state index in [2.05, 4.69) is 4.90 Å². The molecular formula is C19H23NO5. The number of piperidine rings is 1. The number of nitrogens with zero attached hydrogens (tertiary/aromatic N) is 1. The third-order valence-electron chi connectivity index (χ3n) is 4.72. The van der Waals surface area contributed by atoms with Crippen LogP contribution >= 0.6 is 0 Å². The van der Waals surface area contributed by atoms with Gasteiger partial charge in [0.05, 0.1) is 32.4 Å². The van der Waals surface area contributed by atoms with Gasteiger partial charge in [0.2, 0.25) is 0 Å². The summed E-state index contributed by atoms with van der Waals surface area (Å²) in [4.78, 5) is 13.6. The van der Waals surface area contributed by atoms with Crippen molar-refractivity contribution in [1.82, 2.24) is 4.90 Å². The third-order valence-corrected chi connectivity index (χ3v) is 4.72. The molecule has 1 fully saturated rings. The monoisotopic (exact) mass is 345 g/mol. The second-order valence-corrected chi connectivity index (χ2v) is 6.20. The van der Waals surface area contributed by atoms with E-state index in [0.29, 0.717) is 24.5 Å². The highest BCUT2D eigenvalue weighted by molar-refractivity contribution is 5.70.